The third kappa shape index (κ3) is 3.50. The molecule has 26 heavy (non-hydrogen) atoms. The van der Waals surface area contributed by atoms with E-state index >= 15 is 0 Å². The summed E-state index contributed by atoms with van der Waals surface area (Å²) in [7, 11) is 0. The maximum absolute atomic E-state index is 12.8. The van der Waals surface area contributed by atoms with E-state index in [0.717, 1.165) is 12.1 Å². The van der Waals surface area contributed by atoms with Crippen LogP contribution in [0.4, 0.5) is 18.9 Å². The van der Waals surface area contributed by atoms with Crippen LogP contribution >= 0.6 is 22.6 Å². The molecular weight excluding hydrogens is 462 g/mol. The molecule has 0 spiro atoms. The number of hydrogen-bond acceptors (Lipinski definition) is 3. The molecule has 1 aliphatic heterocycles. The smallest absolute Gasteiger partial charge is 0.416 e. The summed E-state index contributed by atoms with van der Waals surface area (Å²) in [5.74, 6) is -0.210. The first-order valence-electron chi connectivity index (χ1n) is 7.60. The number of fused-ring (bicyclic) bond motifs is 1. The van der Waals surface area contributed by atoms with E-state index in [2.05, 4.69) is 5.32 Å². The number of phenols is 1. The molecule has 0 bridgehead atoms. The van der Waals surface area contributed by atoms with E-state index in [4.69, 9.17) is 4.74 Å². The monoisotopic (exact) mass is 475 g/mol. The first-order chi connectivity index (χ1) is 12.2. The van der Waals surface area contributed by atoms with Crippen molar-refractivity contribution < 1.29 is 27.8 Å². The molecule has 0 unspecified atom stereocenters. The van der Waals surface area contributed by atoms with Gasteiger partial charge in [-0.05, 0) is 65.4 Å². The van der Waals surface area contributed by atoms with Crippen LogP contribution < -0.4 is 10.1 Å². The third-order valence-electron chi connectivity index (χ3n) is 3.79. The number of benzene rings is 2. The minimum atomic E-state index is -4.48. The first-order valence-corrected chi connectivity index (χ1v) is 8.68. The number of rotatable bonds is 3. The fourth-order valence-corrected chi connectivity index (χ4v) is 3.25. The number of anilines is 1. The highest BCUT2D eigenvalue weighted by atomic mass is 127. The highest BCUT2D eigenvalue weighted by Crippen LogP contribution is 2.39. The summed E-state index contributed by atoms with van der Waals surface area (Å²) in [6.45, 7) is 2.13. The van der Waals surface area contributed by atoms with Crippen LogP contribution in [0.2, 0.25) is 0 Å². The Labute approximate surface area is 160 Å². The second-order valence-corrected chi connectivity index (χ2v) is 6.71. The van der Waals surface area contributed by atoms with Gasteiger partial charge in [-0.25, -0.2) is 0 Å². The van der Waals surface area contributed by atoms with Crippen molar-refractivity contribution in [3.63, 3.8) is 0 Å². The molecule has 136 valence electrons. The molecule has 0 aliphatic carbocycles. The van der Waals surface area contributed by atoms with Crippen molar-refractivity contribution in [1.29, 1.82) is 0 Å². The Hall–Kier alpha value is -2.23. The van der Waals surface area contributed by atoms with Gasteiger partial charge >= 0.3 is 6.18 Å². The van der Waals surface area contributed by atoms with Gasteiger partial charge in [-0.15, -0.1) is 0 Å². The molecule has 0 saturated carbocycles. The first kappa shape index (κ1) is 18.6. The van der Waals surface area contributed by atoms with Gasteiger partial charge in [-0.2, -0.15) is 13.2 Å². The van der Waals surface area contributed by atoms with Gasteiger partial charge in [0.05, 0.1) is 15.7 Å². The number of carbonyl (C=O) groups excluding carboxylic acids is 1. The Morgan fingerprint density at radius 2 is 2.00 bits per heavy atom. The number of carbonyl (C=O) groups is 1. The van der Waals surface area contributed by atoms with Crippen LogP contribution in [0.15, 0.2) is 30.3 Å². The SMILES string of the molecule is CCOc1cc(/C=C2\C(=O)Nc3cc(C(F)(F)F)ccc32)cc(I)c1O. The van der Waals surface area contributed by atoms with Gasteiger partial charge in [0, 0.05) is 16.8 Å². The number of halogens is 4. The van der Waals surface area contributed by atoms with Crippen LogP contribution in [-0.2, 0) is 11.0 Å². The lowest BCUT2D eigenvalue weighted by Gasteiger charge is -2.09. The molecule has 8 heteroatoms. The van der Waals surface area contributed by atoms with Crippen LogP contribution in [0.1, 0.15) is 23.6 Å². The fourth-order valence-electron chi connectivity index (χ4n) is 2.62. The third-order valence-corrected chi connectivity index (χ3v) is 4.61. The number of hydrogen-bond donors (Lipinski definition) is 2. The molecule has 0 atom stereocenters. The summed E-state index contributed by atoms with van der Waals surface area (Å²) in [6.07, 6.45) is -2.93. The maximum Gasteiger partial charge on any atom is 0.416 e. The van der Waals surface area contributed by atoms with Crippen LogP contribution in [0.25, 0.3) is 11.6 Å². The highest BCUT2D eigenvalue weighted by Gasteiger charge is 2.33. The molecule has 3 rings (SSSR count). The largest absolute Gasteiger partial charge is 0.504 e. The van der Waals surface area contributed by atoms with E-state index in [1.807, 2.05) is 22.6 Å². The van der Waals surface area contributed by atoms with Gasteiger partial charge in [0.2, 0.25) is 0 Å². The van der Waals surface area contributed by atoms with Crippen molar-refractivity contribution >= 4 is 45.8 Å². The van der Waals surface area contributed by atoms with Crippen molar-refractivity contribution in [2.75, 3.05) is 11.9 Å². The number of ether oxygens (including phenoxy) is 1. The van der Waals surface area contributed by atoms with E-state index in [1.54, 1.807) is 25.1 Å². The zero-order valence-electron chi connectivity index (χ0n) is 13.4. The van der Waals surface area contributed by atoms with E-state index in [9.17, 15) is 23.1 Å². The number of aromatic hydroxyl groups is 1. The van der Waals surface area contributed by atoms with Crippen LogP contribution in [-0.4, -0.2) is 17.6 Å². The Balaban J connectivity index is 2.05. The molecule has 0 saturated heterocycles. The van der Waals surface area contributed by atoms with E-state index in [1.165, 1.54) is 6.07 Å². The average Bonchev–Trinajstić information content (AvgIpc) is 2.86. The minimum absolute atomic E-state index is 0.000641. The number of alkyl halides is 3. The summed E-state index contributed by atoms with van der Waals surface area (Å²) >= 11 is 1.94. The van der Waals surface area contributed by atoms with Gasteiger partial charge in [-0.1, -0.05) is 6.07 Å². The van der Waals surface area contributed by atoms with Crippen molar-refractivity contribution in [2.24, 2.45) is 0 Å². The molecule has 0 radical (unpaired) electrons. The molecular formula is C18H13F3INO3. The van der Waals surface area contributed by atoms with Crippen molar-refractivity contribution in [3.8, 4) is 11.5 Å². The normalized spacial score (nSPS) is 15.1. The average molecular weight is 475 g/mol. The fraction of sp³-hybridized carbons (Fsp3) is 0.167. The number of amides is 1. The summed E-state index contributed by atoms with van der Waals surface area (Å²) < 4.78 is 44.4. The lowest BCUT2D eigenvalue weighted by Crippen LogP contribution is -2.06. The lowest BCUT2D eigenvalue weighted by molar-refractivity contribution is -0.137. The Morgan fingerprint density at radius 3 is 2.65 bits per heavy atom. The molecule has 2 aromatic carbocycles. The second-order valence-electron chi connectivity index (χ2n) is 5.55. The van der Waals surface area contributed by atoms with Gasteiger partial charge < -0.3 is 15.2 Å². The van der Waals surface area contributed by atoms with Crippen LogP contribution in [0.3, 0.4) is 0 Å². The Morgan fingerprint density at radius 1 is 1.27 bits per heavy atom. The topological polar surface area (TPSA) is 58.6 Å². The molecule has 1 heterocycles. The summed E-state index contributed by atoms with van der Waals surface area (Å²) in [5.41, 5.74) is 0.528. The van der Waals surface area contributed by atoms with Crippen LogP contribution in [0.5, 0.6) is 11.5 Å². The number of phenolic OH excluding ortho intramolecular Hbond substituents is 1. The highest BCUT2D eigenvalue weighted by molar-refractivity contribution is 14.1. The second kappa shape index (κ2) is 6.82. The van der Waals surface area contributed by atoms with Crippen molar-refractivity contribution in [2.45, 2.75) is 13.1 Å². The zero-order chi connectivity index (χ0) is 19.1. The maximum atomic E-state index is 12.8. The molecule has 1 amide bonds. The minimum Gasteiger partial charge on any atom is -0.504 e. The molecule has 0 aromatic heterocycles. The van der Waals surface area contributed by atoms with Gasteiger partial charge in [0.15, 0.2) is 11.5 Å². The Bertz CT molecular complexity index is 923. The van der Waals surface area contributed by atoms with Crippen molar-refractivity contribution in [1.82, 2.24) is 0 Å². The molecule has 2 aromatic rings. The van der Waals surface area contributed by atoms with Crippen molar-refractivity contribution in [3.05, 3.63) is 50.6 Å². The molecule has 2 N–H and O–H groups in total. The van der Waals surface area contributed by atoms with Gasteiger partial charge in [0.1, 0.15) is 0 Å². The summed E-state index contributed by atoms with van der Waals surface area (Å²) in [5, 5.41) is 12.4. The standard InChI is InChI=1S/C18H13F3INO3/c1-2-26-15-7-9(6-13(22)16(15)24)5-12-11-4-3-10(18(19,20)21)8-14(11)23-17(12)25/h3-8,24H,2H2,1H3,(H,23,25)/b12-5-. The molecule has 0 fully saturated rings. The lowest BCUT2D eigenvalue weighted by atomic mass is 10.0. The van der Waals surface area contributed by atoms with Crippen LogP contribution in [0, 0.1) is 3.57 Å². The van der Waals surface area contributed by atoms with Gasteiger partial charge in [0.25, 0.3) is 5.91 Å². The predicted octanol–water partition coefficient (Wildman–Crippen LogP) is 4.91. The van der Waals surface area contributed by atoms with E-state index in [0.29, 0.717) is 21.3 Å². The quantitative estimate of drug-likeness (QED) is 0.491. The van der Waals surface area contributed by atoms with E-state index < -0.39 is 17.6 Å². The molecule has 1 aliphatic rings. The predicted molar refractivity (Wildman–Crippen MR) is 99.9 cm³/mol. The molecule has 4 nitrogen and oxygen atoms in total. The zero-order valence-corrected chi connectivity index (χ0v) is 15.6. The summed E-state index contributed by atoms with van der Waals surface area (Å²) in [4.78, 5) is 12.2. The number of nitrogens with one attached hydrogen (secondary N) is 1. The Kier molecular flexibility index (Phi) is 4.87. The summed E-state index contributed by atoms with van der Waals surface area (Å²) in [6, 6.07) is 6.36. The van der Waals surface area contributed by atoms with Gasteiger partial charge in [-0.3, -0.25) is 4.79 Å². The van der Waals surface area contributed by atoms with E-state index in [-0.39, 0.29) is 22.8 Å².